The average molecular weight is 1120 g/mol. The van der Waals surface area contributed by atoms with Crippen LogP contribution in [0.2, 0.25) is 0 Å². The van der Waals surface area contributed by atoms with Crippen LogP contribution in [-0.2, 0) is 28.6 Å². The van der Waals surface area contributed by atoms with Crippen molar-refractivity contribution in [1.29, 1.82) is 0 Å². The SMILES string of the molecule is CCCCC/C=C\C/C=C\C/C=C\CCCCCCCCC(=O)OC(COC(=O)CCCCCCCCC/C=C\C/C=C\CCCCC)COC(=O)CCCCCCCCCCCCCCCCCCCCCCCCCCCC. The van der Waals surface area contributed by atoms with E-state index < -0.39 is 6.10 Å². The predicted octanol–water partition coefficient (Wildman–Crippen LogP) is 24.3. The molecule has 6 heteroatoms. The summed E-state index contributed by atoms with van der Waals surface area (Å²) in [5, 5.41) is 0. The Bertz CT molecular complexity index is 1430. The molecule has 0 aromatic rings. The molecule has 80 heavy (non-hydrogen) atoms. The molecule has 0 aliphatic rings. The van der Waals surface area contributed by atoms with Gasteiger partial charge < -0.3 is 14.2 Å². The van der Waals surface area contributed by atoms with Crippen LogP contribution in [0.1, 0.15) is 374 Å². The Labute approximate surface area is 498 Å². The summed E-state index contributed by atoms with van der Waals surface area (Å²) in [7, 11) is 0. The van der Waals surface area contributed by atoms with Crippen molar-refractivity contribution in [3.63, 3.8) is 0 Å². The molecule has 1 atom stereocenters. The van der Waals surface area contributed by atoms with Gasteiger partial charge in [-0.25, -0.2) is 0 Å². The van der Waals surface area contributed by atoms with Crippen molar-refractivity contribution in [2.45, 2.75) is 380 Å². The first kappa shape index (κ1) is 77.1. The van der Waals surface area contributed by atoms with Gasteiger partial charge in [0.1, 0.15) is 13.2 Å². The van der Waals surface area contributed by atoms with Crippen molar-refractivity contribution in [1.82, 2.24) is 0 Å². The van der Waals surface area contributed by atoms with Crippen LogP contribution in [-0.4, -0.2) is 37.2 Å². The van der Waals surface area contributed by atoms with E-state index in [1.165, 1.54) is 238 Å². The van der Waals surface area contributed by atoms with Gasteiger partial charge >= 0.3 is 17.9 Å². The highest BCUT2D eigenvalue weighted by Gasteiger charge is 2.19. The summed E-state index contributed by atoms with van der Waals surface area (Å²) in [6.07, 6.45) is 88.1. The van der Waals surface area contributed by atoms with Crippen LogP contribution < -0.4 is 0 Å². The zero-order valence-electron chi connectivity index (χ0n) is 53.6. The van der Waals surface area contributed by atoms with E-state index in [1.807, 2.05) is 0 Å². The minimum atomic E-state index is -0.785. The number of allylic oxidation sites excluding steroid dienone is 10. The van der Waals surface area contributed by atoms with E-state index in [0.717, 1.165) is 96.3 Å². The molecule has 0 saturated carbocycles. The predicted molar refractivity (Wildman–Crippen MR) is 348 cm³/mol. The lowest BCUT2D eigenvalue weighted by molar-refractivity contribution is -0.167. The Morgan fingerprint density at radius 3 is 0.725 bits per heavy atom. The number of hydrogen-bond donors (Lipinski definition) is 0. The first-order chi connectivity index (χ1) is 39.5. The fourth-order valence-electron chi connectivity index (χ4n) is 10.4. The third-order valence-electron chi connectivity index (χ3n) is 15.7. The summed E-state index contributed by atoms with van der Waals surface area (Å²) < 4.78 is 17.0. The summed E-state index contributed by atoms with van der Waals surface area (Å²) >= 11 is 0. The largest absolute Gasteiger partial charge is 0.462 e. The Hall–Kier alpha value is -2.89. The molecule has 0 bridgehead atoms. The summed E-state index contributed by atoms with van der Waals surface area (Å²) in [6.45, 7) is 6.63. The molecule has 0 radical (unpaired) electrons. The fourth-order valence-corrected chi connectivity index (χ4v) is 10.4. The molecule has 466 valence electrons. The zero-order valence-corrected chi connectivity index (χ0v) is 53.6. The molecule has 0 N–H and O–H groups in total. The minimum Gasteiger partial charge on any atom is -0.462 e. The lowest BCUT2D eigenvalue weighted by Gasteiger charge is -2.18. The minimum absolute atomic E-state index is 0.0788. The first-order valence-corrected chi connectivity index (χ1v) is 35.3. The van der Waals surface area contributed by atoms with Gasteiger partial charge in [-0.1, -0.05) is 326 Å². The van der Waals surface area contributed by atoms with E-state index in [9.17, 15) is 14.4 Å². The van der Waals surface area contributed by atoms with E-state index in [4.69, 9.17) is 14.2 Å². The number of esters is 3. The monoisotopic (exact) mass is 1120 g/mol. The van der Waals surface area contributed by atoms with Gasteiger partial charge in [-0.05, 0) is 89.9 Å². The molecule has 0 aliphatic heterocycles. The quantitative estimate of drug-likeness (QED) is 0.0261. The van der Waals surface area contributed by atoms with Gasteiger partial charge in [-0.15, -0.1) is 0 Å². The Morgan fingerprint density at radius 1 is 0.250 bits per heavy atom. The highest BCUT2D eigenvalue weighted by atomic mass is 16.6. The van der Waals surface area contributed by atoms with Gasteiger partial charge in [0.15, 0.2) is 6.10 Å². The molecular formula is C74H134O6. The van der Waals surface area contributed by atoms with Crippen molar-refractivity contribution >= 4 is 17.9 Å². The van der Waals surface area contributed by atoms with Crippen LogP contribution in [0.3, 0.4) is 0 Å². The summed E-state index contributed by atoms with van der Waals surface area (Å²) in [5.74, 6) is -0.877. The number of carbonyl (C=O) groups excluding carboxylic acids is 3. The molecule has 0 heterocycles. The highest BCUT2D eigenvalue weighted by molar-refractivity contribution is 5.71. The second kappa shape index (κ2) is 68.6. The molecule has 0 saturated heterocycles. The van der Waals surface area contributed by atoms with Gasteiger partial charge in [0.2, 0.25) is 0 Å². The molecule has 0 fully saturated rings. The van der Waals surface area contributed by atoms with Gasteiger partial charge in [0.05, 0.1) is 0 Å². The van der Waals surface area contributed by atoms with Gasteiger partial charge in [-0.2, -0.15) is 0 Å². The standard InChI is InChI=1S/C74H134O6/c1-4-7-10-13-16-19-22-25-28-31-33-34-35-36-37-38-39-41-43-46-49-52-55-58-61-64-67-73(76)79-70-71(69-78-72(75)66-63-60-57-54-51-48-45-42-30-27-24-21-18-15-12-9-6-3)80-74(77)68-65-62-59-56-53-50-47-44-40-32-29-26-23-20-17-14-11-8-5-2/h17-18,20-21,26-27,29-30,40,44,71H,4-16,19,22-25,28,31-39,41-43,45-70H2,1-3H3/b20-17-,21-18-,29-26-,30-27-,44-40-. The van der Waals surface area contributed by atoms with Crippen LogP contribution in [0.25, 0.3) is 0 Å². The molecule has 0 aromatic heterocycles. The van der Waals surface area contributed by atoms with Crippen LogP contribution in [0.4, 0.5) is 0 Å². The second-order valence-electron chi connectivity index (χ2n) is 23.8. The first-order valence-electron chi connectivity index (χ1n) is 35.3. The molecule has 0 aromatic carbocycles. The molecule has 0 aliphatic carbocycles. The maximum atomic E-state index is 12.9. The maximum absolute atomic E-state index is 12.9. The van der Waals surface area contributed by atoms with E-state index >= 15 is 0 Å². The Kier molecular flexibility index (Phi) is 66.1. The van der Waals surface area contributed by atoms with Crippen LogP contribution >= 0.6 is 0 Å². The maximum Gasteiger partial charge on any atom is 0.306 e. The molecular weight excluding hydrogens is 985 g/mol. The van der Waals surface area contributed by atoms with E-state index in [-0.39, 0.29) is 31.1 Å². The normalized spacial score (nSPS) is 12.4. The van der Waals surface area contributed by atoms with Crippen LogP contribution in [0, 0.1) is 0 Å². The second-order valence-corrected chi connectivity index (χ2v) is 23.8. The number of ether oxygens (including phenoxy) is 3. The molecule has 0 rings (SSSR count). The fraction of sp³-hybridized carbons (Fsp3) is 0.824. The summed E-state index contributed by atoms with van der Waals surface area (Å²) in [4.78, 5) is 38.5. The van der Waals surface area contributed by atoms with E-state index in [0.29, 0.717) is 19.3 Å². The number of unbranched alkanes of at least 4 members (excludes halogenated alkanes) is 44. The van der Waals surface area contributed by atoms with Crippen molar-refractivity contribution in [2.75, 3.05) is 13.2 Å². The summed E-state index contributed by atoms with van der Waals surface area (Å²) in [5.41, 5.74) is 0. The average Bonchev–Trinajstić information content (AvgIpc) is 3.46. The zero-order chi connectivity index (χ0) is 57.8. The van der Waals surface area contributed by atoms with Gasteiger partial charge in [-0.3, -0.25) is 14.4 Å². The lowest BCUT2D eigenvalue weighted by atomic mass is 10.0. The number of carbonyl (C=O) groups is 3. The van der Waals surface area contributed by atoms with Crippen molar-refractivity contribution in [3.8, 4) is 0 Å². The highest BCUT2D eigenvalue weighted by Crippen LogP contribution is 2.18. The van der Waals surface area contributed by atoms with Crippen molar-refractivity contribution in [3.05, 3.63) is 60.8 Å². The van der Waals surface area contributed by atoms with Crippen LogP contribution in [0.15, 0.2) is 60.8 Å². The topological polar surface area (TPSA) is 78.9 Å². The van der Waals surface area contributed by atoms with E-state index in [1.54, 1.807) is 0 Å². The number of hydrogen-bond acceptors (Lipinski definition) is 6. The molecule has 0 amide bonds. The summed E-state index contributed by atoms with van der Waals surface area (Å²) in [6, 6.07) is 0. The van der Waals surface area contributed by atoms with Crippen molar-refractivity contribution < 1.29 is 28.6 Å². The third-order valence-corrected chi connectivity index (χ3v) is 15.7. The molecule has 6 nitrogen and oxygen atoms in total. The third kappa shape index (κ3) is 65.9. The van der Waals surface area contributed by atoms with Gasteiger partial charge in [0, 0.05) is 19.3 Å². The van der Waals surface area contributed by atoms with Crippen LogP contribution in [0.5, 0.6) is 0 Å². The Morgan fingerprint density at radius 2 is 0.450 bits per heavy atom. The number of rotatable bonds is 65. The Balaban J connectivity index is 4.31. The molecule has 1 unspecified atom stereocenters. The smallest absolute Gasteiger partial charge is 0.306 e. The van der Waals surface area contributed by atoms with Crippen molar-refractivity contribution in [2.24, 2.45) is 0 Å². The molecule has 0 spiro atoms. The van der Waals surface area contributed by atoms with E-state index in [2.05, 4.69) is 81.5 Å². The lowest BCUT2D eigenvalue weighted by Crippen LogP contribution is -2.30. The van der Waals surface area contributed by atoms with Gasteiger partial charge in [0.25, 0.3) is 0 Å².